The van der Waals surface area contributed by atoms with E-state index >= 15 is 0 Å². The number of hydrogen-bond donors (Lipinski definition) is 3. The number of azo groups is 1. The average molecular weight is 497 g/mol. The number of hydrogen-bond acceptors (Lipinski definition) is 11. The lowest BCUT2D eigenvalue weighted by atomic mass is 10.3. The van der Waals surface area contributed by atoms with E-state index in [1.54, 1.807) is 13.2 Å². The Morgan fingerprint density at radius 3 is 2.50 bits per heavy atom. The van der Waals surface area contributed by atoms with Gasteiger partial charge in [-0.05, 0) is 43.0 Å². The van der Waals surface area contributed by atoms with Crippen LogP contribution in [0.4, 0.5) is 23.1 Å². The Bertz CT molecular complexity index is 1620. The molecule has 0 fully saturated rings. The monoisotopic (exact) mass is 496 g/mol. The Morgan fingerprint density at radius 2 is 1.88 bits per heavy atom. The SMILES string of the molecule is CSc1c(C#N)c(N)nc2c(N=Nc3ccc(S(=O)(=O)Nc4ncc(C)cn4)cc3)c(=O)[nH]n12. The van der Waals surface area contributed by atoms with Crippen molar-refractivity contribution >= 4 is 50.6 Å². The first-order valence-electron chi connectivity index (χ1n) is 9.45. The Kier molecular flexibility index (Phi) is 6.01. The molecule has 1 aromatic carbocycles. The topological polar surface area (TPSA) is 197 Å². The van der Waals surface area contributed by atoms with E-state index in [-0.39, 0.29) is 39.2 Å². The molecule has 0 amide bonds. The molecule has 3 heterocycles. The molecule has 4 N–H and O–H groups in total. The molecule has 0 radical (unpaired) electrons. The van der Waals surface area contributed by atoms with Crippen molar-refractivity contribution < 1.29 is 8.42 Å². The van der Waals surface area contributed by atoms with Gasteiger partial charge >= 0.3 is 0 Å². The maximum atomic E-state index is 12.5. The highest BCUT2D eigenvalue weighted by atomic mass is 32.2. The standard InChI is InChI=1S/C19H16N10O3S2/c1-10-8-22-19(23-9-10)28-34(31,32)12-5-3-11(4-6-12)25-26-14-16-24-15(21)13(7-20)18(33-2)29(16)27-17(14)30/h3-6,8-9H,1-2H3,(H2,21,24)(H,27,30)(H,22,23,28). The highest BCUT2D eigenvalue weighted by Crippen LogP contribution is 2.28. The first-order valence-corrected chi connectivity index (χ1v) is 12.2. The summed E-state index contributed by atoms with van der Waals surface area (Å²) >= 11 is 1.21. The predicted molar refractivity (Wildman–Crippen MR) is 125 cm³/mol. The second kappa shape index (κ2) is 8.92. The molecule has 4 aromatic rings. The number of nitrogens with one attached hydrogen (secondary N) is 2. The highest BCUT2D eigenvalue weighted by molar-refractivity contribution is 7.98. The van der Waals surface area contributed by atoms with Crippen molar-refractivity contribution in [2.45, 2.75) is 16.8 Å². The van der Waals surface area contributed by atoms with E-state index in [4.69, 9.17) is 5.73 Å². The number of H-pyrrole nitrogens is 1. The van der Waals surface area contributed by atoms with Crippen LogP contribution in [0.1, 0.15) is 11.1 Å². The summed E-state index contributed by atoms with van der Waals surface area (Å²) in [7, 11) is -3.91. The van der Waals surface area contributed by atoms with Gasteiger partial charge < -0.3 is 5.73 Å². The molecule has 172 valence electrons. The zero-order valence-corrected chi connectivity index (χ0v) is 19.3. The fourth-order valence-corrected chi connectivity index (χ4v) is 4.50. The summed E-state index contributed by atoms with van der Waals surface area (Å²) in [6.07, 6.45) is 4.71. The molecular formula is C19H16N10O3S2. The molecule has 0 aliphatic carbocycles. The zero-order valence-electron chi connectivity index (χ0n) is 17.7. The molecule has 0 aliphatic heterocycles. The van der Waals surface area contributed by atoms with Crippen LogP contribution in [0, 0.1) is 18.3 Å². The van der Waals surface area contributed by atoms with Crippen molar-refractivity contribution in [2.75, 3.05) is 16.7 Å². The number of aromatic amines is 1. The van der Waals surface area contributed by atoms with E-state index in [1.165, 1.54) is 52.9 Å². The van der Waals surface area contributed by atoms with E-state index in [2.05, 4.69) is 35.0 Å². The minimum absolute atomic E-state index is 0.0362. The minimum atomic E-state index is -3.91. The lowest BCUT2D eigenvalue weighted by molar-refractivity contribution is 0.601. The molecule has 15 heteroatoms. The summed E-state index contributed by atoms with van der Waals surface area (Å²) in [5.74, 6) is -0.0907. The Balaban J connectivity index is 1.62. The van der Waals surface area contributed by atoms with Gasteiger partial charge in [-0.25, -0.2) is 32.6 Å². The van der Waals surface area contributed by atoms with E-state index in [0.717, 1.165) is 5.56 Å². The lowest BCUT2D eigenvalue weighted by Gasteiger charge is -2.06. The molecule has 3 aromatic heterocycles. The van der Waals surface area contributed by atoms with Crippen LogP contribution in [0.15, 0.2) is 61.6 Å². The lowest BCUT2D eigenvalue weighted by Crippen LogP contribution is -2.14. The Hall–Kier alpha value is -4.29. The number of aryl methyl sites for hydroxylation is 1. The fourth-order valence-electron chi connectivity index (χ4n) is 2.87. The summed E-state index contributed by atoms with van der Waals surface area (Å²) in [4.78, 5) is 24.3. The number of anilines is 2. The maximum Gasteiger partial charge on any atom is 0.294 e. The quantitative estimate of drug-likeness (QED) is 0.204. The van der Waals surface area contributed by atoms with E-state index in [1.807, 2.05) is 6.07 Å². The van der Waals surface area contributed by atoms with Crippen LogP contribution in [-0.2, 0) is 10.0 Å². The van der Waals surface area contributed by atoms with E-state index < -0.39 is 15.6 Å². The van der Waals surface area contributed by atoms with Gasteiger partial charge in [-0.3, -0.25) is 9.89 Å². The number of rotatable bonds is 6. The molecule has 13 nitrogen and oxygen atoms in total. The number of nitriles is 1. The third kappa shape index (κ3) is 4.31. The number of fused-ring (bicyclic) bond motifs is 1. The molecule has 0 saturated carbocycles. The van der Waals surface area contributed by atoms with E-state index in [9.17, 15) is 18.5 Å². The van der Waals surface area contributed by atoms with Crippen LogP contribution in [0.25, 0.3) is 5.65 Å². The van der Waals surface area contributed by atoms with Gasteiger partial charge in [0.25, 0.3) is 15.6 Å². The molecule has 0 spiro atoms. The summed E-state index contributed by atoms with van der Waals surface area (Å²) < 4.78 is 28.7. The van der Waals surface area contributed by atoms with Crippen molar-refractivity contribution in [2.24, 2.45) is 10.2 Å². The third-order valence-electron chi connectivity index (χ3n) is 4.48. The number of benzene rings is 1. The van der Waals surface area contributed by atoms with Gasteiger partial charge in [-0.15, -0.1) is 16.9 Å². The molecule has 0 saturated heterocycles. The van der Waals surface area contributed by atoms with Gasteiger partial charge in [-0.2, -0.15) is 10.4 Å². The van der Waals surface area contributed by atoms with E-state index in [0.29, 0.717) is 5.03 Å². The Labute approximate surface area is 196 Å². The third-order valence-corrected chi connectivity index (χ3v) is 6.59. The molecular weight excluding hydrogens is 480 g/mol. The second-order valence-corrected chi connectivity index (χ2v) is 9.30. The summed E-state index contributed by atoms with van der Waals surface area (Å²) in [5.41, 5.74) is 6.49. The molecule has 0 aliphatic rings. The van der Waals surface area contributed by atoms with Crippen LogP contribution < -0.4 is 16.0 Å². The molecule has 0 atom stereocenters. The van der Waals surface area contributed by atoms with Gasteiger partial charge in [0.2, 0.25) is 5.95 Å². The van der Waals surface area contributed by atoms with Crippen molar-refractivity contribution in [1.82, 2.24) is 24.6 Å². The summed E-state index contributed by atoms with van der Waals surface area (Å²) in [6.45, 7) is 1.78. The smallest absolute Gasteiger partial charge is 0.294 e. The largest absolute Gasteiger partial charge is 0.382 e. The first-order chi connectivity index (χ1) is 16.2. The van der Waals surface area contributed by atoms with Crippen molar-refractivity contribution in [3.8, 4) is 6.07 Å². The van der Waals surface area contributed by atoms with Crippen LogP contribution in [0.2, 0.25) is 0 Å². The van der Waals surface area contributed by atoms with Gasteiger partial charge in [0, 0.05) is 12.4 Å². The summed E-state index contributed by atoms with van der Waals surface area (Å²) in [5, 5.41) is 20.2. The van der Waals surface area contributed by atoms with Crippen molar-refractivity contribution in [1.29, 1.82) is 5.26 Å². The van der Waals surface area contributed by atoms with Gasteiger partial charge in [0.05, 0.1) is 10.6 Å². The van der Waals surface area contributed by atoms with Crippen LogP contribution >= 0.6 is 11.8 Å². The minimum Gasteiger partial charge on any atom is -0.382 e. The number of sulfonamides is 1. The number of thioether (sulfide) groups is 1. The number of nitrogens with two attached hydrogens (primary N) is 1. The normalized spacial score (nSPS) is 11.7. The summed E-state index contributed by atoms with van der Waals surface area (Å²) in [6, 6.07) is 7.46. The number of nitrogen functional groups attached to an aromatic ring is 1. The van der Waals surface area contributed by atoms with Gasteiger partial charge in [0.1, 0.15) is 22.5 Å². The first kappa shape index (κ1) is 22.9. The van der Waals surface area contributed by atoms with Crippen LogP contribution in [0.3, 0.4) is 0 Å². The molecule has 0 unspecified atom stereocenters. The average Bonchev–Trinajstić information content (AvgIpc) is 3.12. The molecule has 0 bridgehead atoms. The number of nitrogens with zero attached hydrogens (tertiary/aromatic N) is 7. The molecule has 34 heavy (non-hydrogen) atoms. The molecule has 4 rings (SSSR count). The highest BCUT2D eigenvalue weighted by Gasteiger charge is 2.19. The van der Waals surface area contributed by atoms with Crippen molar-refractivity contribution in [3.63, 3.8) is 0 Å². The fraction of sp³-hybridized carbons (Fsp3) is 0.105. The predicted octanol–water partition coefficient (Wildman–Crippen LogP) is 2.51. The second-order valence-electron chi connectivity index (χ2n) is 6.83. The van der Waals surface area contributed by atoms with Gasteiger partial charge in [-0.1, -0.05) is 0 Å². The van der Waals surface area contributed by atoms with Crippen LogP contribution in [-0.4, -0.2) is 39.2 Å². The van der Waals surface area contributed by atoms with Gasteiger partial charge in [0.15, 0.2) is 11.3 Å². The maximum absolute atomic E-state index is 12.5. The zero-order chi connectivity index (χ0) is 24.5. The van der Waals surface area contributed by atoms with Crippen LogP contribution in [0.5, 0.6) is 0 Å². The van der Waals surface area contributed by atoms with Crippen molar-refractivity contribution in [3.05, 3.63) is 58.1 Å². The Morgan fingerprint density at radius 1 is 1.21 bits per heavy atom. The number of aromatic nitrogens is 5.